The lowest BCUT2D eigenvalue weighted by molar-refractivity contribution is -0.117. The molecule has 0 radical (unpaired) electrons. The first-order valence-corrected chi connectivity index (χ1v) is 14.6. The molecule has 1 amide bonds. The van der Waals surface area contributed by atoms with Crippen molar-refractivity contribution < 1.29 is 23.5 Å². The van der Waals surface area contributed by atoms with Crippen LogP contribution in [0.4, 0.5) is 14.5 Å². The maximum atomic E-state index is 14.9. The summed E-state index contributed by atoms with van der Waals surface area (Å²) in [7, 11) is 0. The summed E-state index contributed by atoms with van der Waals surface area (Å²) in [6.45, 7) is 0.440. The number of carbonyl (C=O) groups excluding carboxylic acids is 1. The van der Waals surface area contributed by atoms with E-state index in [1.54, 1.807) is 22.9 Å². The average molecular weight is 582 g/mol. The summed E-state index contributed by atoms with van der Waals surface area (Å²) in [4.78, 5) is 30.1. The lowest BCUT2D eigenvalue weighted by Crippen LogP contribution is -2.24. The van der Waals surface area contributed by atoms with Crippen LogP contribution in [0.2, 0.25) is 0 Å². The maximum Gasteiger partial charge on any atom is 0.355 e. The first-order chi connectivity index (χ1) is 19.3. The molecule has 12 heteroatoms. The van der Waals surface area contributed by atoms with Crippen molar-refractivity contribution in [2.75, 3.05) is 11.4 Å². The highest BCUT2D eigenvalue weighted by atomic mass is 32.2. The van der Waals surface area contributed by atoms with E-state index in [-0.39, 0.29) is 17.3 Å². The predicted molar refractivity (Wildman–Crippen MR) is 149 cm³/mol. The molecule has 0 bridgehead atoms. The number of nitrogens with zero attached hydrogens (tertiary/aromatic N) is 4. The third kappa shape index (κ3) is 5.14. The number of anilines is 1. The molecule has 2 fully saturated rings. The van der Waals surface area contributed by atoms with E-state index in [0.29, 0.717) is 65.0 Å². The number of halogens is 2. The van der Waals surface area contributed by atoms with Gasteiger partial charge >= 0.3 is 5.97 Å². The minimum absolute atomic E-state index is 0.0791. The van der Waals surface area contributed by atoms with Crippen LogP contribution in [0.15, 0.2) is 46.7 Å². The summed E-state index contributed by atoms with van der Waals surface area (Å²) < 4.78 is 31.3. The third-order valence-corrected chi connectivity index (χ3v) is 8.65. The Kier molecular flexibility index (Phi) is 7.15. The number of carboxylic acids is 1. The summed E-state index contributed by atoms with van der Waals surface area (Å²) in [6.07, 6.45) is 4.17. The van der Waals surface area contributed by atoms with Crippen molar-refractivity contribution in [1.82, 2.24) is 14.8 Å². The van der Waals surface area contributed by atoms with Gasteiger partial charge in [-0.1, -0.05) is 6.07 Å². The van der Waals surface area contributed by atoms with Crippen LogP contribution in [-0.2, 0) is 17.6 Å². The van der Waals surface area contributed by atoms with Crippen LogP contribution >= 0.6 is 23.3 Å². The van der Waals surface area contributed by atoms with Gasteiger partial charge in [-0.3, -0.25) is 9.93 Å². The largest absolute Gasteiger partial charge is 0.476 e. The first kappa shape index (κ1) is 26.6. The number of hydrogen-bond acceptors (Lipinski definition) is 7. The minimum atomic E-state index is -1.13. The van der Waals surface area contributed by atoms with Crippen molar-refractivity contribution in [3.05, 3.63) is 75.9 Å². The van der Waals surface area contributed by atoms with Crippen molar-refractivity contribution >= 4 is 40.8 Å². The quantitative estimate of drug-likeness (QED) is 0.247. The fourth-order valence-corrected chi connectivity index (χ4v) is 6.14. The SMILES string of the molecule is NSc1ccc(Cc2c(-c3ccc(F)c(N4CCCC4=O)c3)nn(-c3nc(C(=O)O)cs3)c2CC2CC2)cc1F. The summed E-state index contributed by atoms with van der Waals surface area (Å²) in [5.41, 5.74) is 3.64. The van der Waals surface area contributed by atoms with Crippen LogP contribution in [0.1, 0.15) is 53.0 Å². The van der Waals surface area contributed by atoms with Gasteiger partial charge in [0.2, 0.25) is 11.0 Å². The number of amides is 1. The van der Waals surface area contributed by atoms with E-state index >= 15 is 0 Å². The van der Waals surface area contributed by atoms with Gasteiger partial charge < -0.3 is 10.0 Å². The standard InChI is InChI=1S/C28H25F2N5O3S2/c29-19-7-6-17(13-23(19)34-9-1-2-25(34)36)26-18(10-16-5-8-24(40-31)20(30)11-16)22(12-15-3-4-15)35(33-26)28-32-21(14-39-28)27(37)38/h5-8,11,13-15H,1-4,9-10,12,31H2,(H,37,38). The molecular formula is C28H25F2N5O3S2. The van der Waals surface area contributed by atoms with Crippen LogP contribution < -0.4 is 10.0 Å². The van der Waals surface area contributed by atoms with Gasteiger partial charge in [0.15, 0.2) is 5.69 Å². The van der Waals surface area contributed by atoms with Gasteiger partial charge in [0.05, 0.1) is 22.0 Å². The van der Waals surface area contributed by atoms with Gasteiger partial charge in [0.25, 0.3) is 0 Å². The lowest BCUT2D eigenvalue weighted by atomic mass is 9.96. The number of thiazole rings is 1. The summed E-state index contributed by atoms with van der Waals surface area (Å²) in [6, 6.07) is 9.48. The molecule has 6 rings (SSSR count). The molecule has 2 aliphatic rings. The maximum absolute atomic E-state index is 14.9. The zero-order valence-electron chi connectivity index (χ0n) is 21.3. The molecule has 3 N–H and O–H groups in total. The molecule has 206 valence electrons. The monoisotopic (exact) mass is 581 g/mol. The van der Waals surface area contributed by atoms with E-state index in [0.717, 1.165) is 36.0 Å². The molecule has 0 unspecified atom stereocenters. The van der Waals surface area contributed by atoms with Crippen LogP contribution in [0.25, 0.3) is 16.4 Å². The van der Waals surface area contributed by atoms with Crippen molar-refractivity contribution in [1.29, 1.82) is 0 Å². The zero-order chi connectivity index (χ0) is 28.0. The predicted octanol–water partition coefficient (Wildman–Crippen LogP) is 5.61. The molecule has 2 aromatic heterocycles. The molecule has 3 heterocycles. The molecule has 0 spiro atoms. The number of aromatic nitrogens is 3. The Morgan fingerprint density at radius 1 is 1.18 bits per heavy atom. The van der Waals surface area contributed by atoms with Gasteiger partial charge in [0.1, 0.15) is 11.6 Å². The topological polar surface area (TPSA) is 114 Å². The number of hydrogen-bond donors (Lipinski definition) is 2. The van der Waals surface area contributed by atoms with Crippen molar-refractivity contribution in [3.63, 3.8) is 0 Å². The summed E-state index contributed by atoms with van der Waals surface area (Å²) in [5.74, 6) is -1.75. The average Bonchev–Trinajstić information content (AvgIpc) is 3.28. The highest BCUT2D eigenvalue weighted by Gasteiger charge is 2.30. The van der Waals surface area contributed by atoms with E-state index in [1.165, 1.54) is 33.7 Å². The van der Waals surface area contributed by atoms with Crippen LogP contribution in [0.5, 0.6) is 0 Å². The van der Waals surface area contributed by atoms with Crippen LogP contribution in [0.3, 0.4) is 0 Å². The highest BCUT2D eigenvalue weighted by Crippen LogP contribution is 2.39. The second-order valence-electron chi connectivity index (χ2n) is 10.0. The number of nitrogens with two attached hydrogens (primary N) is 1. The van der Waals surface area contributed by atoms with Crippen LogP contribution in [-0.4, -0.2) is 38.3 Å². The number of rotatable bonds is 9. The van der Waals surface area contributed by atoms with E-state index in [2.05, 4.69) is 4.98 Å². The van der Waals surface area contributed by atoms with Gasteiger partial charge in [-0.25, -0.2) is 23.2 Å². The van der Waals surface area contributed by atoms with Crippen LogP contribution in [0, 0.1) is 17.6 Å². The number of carboxylic acid groups (broad SMARTS) is 1. The Bertz CT molecular complexity index is 1630. The normalized spacial score (nSPS) is 15.3. The third-order valence-electron chi connectivity index (χ3n) is 7.25. The lowest BCUT2D eigenvalue weighted by Gasteiger charge is -2.17. The van der Waals surface area contributed by atoms with Crippen molar-refractivity contribution in [2.24, 2.45) is 11.1 Å². The van der Waals surface area contributed by atoms with E-state index in [4.69, 9.17) is 10.2 Å². The van der Waals surface area contributed by atoms with Crippen molar-refractivity contribution in [2.45, 2.75) is 43.4 Å². The fourth-order valence-electron chi connectivity index (χ4n) is 5.05. The highest BCUT2D eigenvalue weighted by molar-refractivity contribution is 7.97. The first-order valence-electron chi connectivity index (χ1n) is 12.9. The minimum Gasteiger partial charge on any atom is -0.476 e. The Morgan fingerprint density at radius 2 is 2.00 bits per heavy atom. The molecular weight excluding hydrogens is 556 g/mol. The number of aromatic carboxylic acids is 1. The fraction of sp³-hybridized carbons (Fsp3) is 0.286. The molecule has 1 aliphatic heterocycles. The van der Waals surface area contributed by atoms with E-state index < -0.39 is 17.6 Å². The smallest absolute Gasteiger partial charge is 0.355 e. The molecule has 1 saturated carbocycles. The van der Waals surface area contributed by atoms with Gasteiger partial charge in [-0.15, -0.1) is 11.3 Å². The molecule has 2 aromatic carbocycles. The zero-order valence-corrected chi connectivity index (χ0v) is 22.9. The van der Waals surface area contributed by atoms with Gasteiger partial charge in [-0.05, 0) is 79.4 Å². The summed E-state index contributed by atoms with van der Waals surface area (Å²) >= 11 is 2.01. The second kappa shape index (κ2) is 10.8. The van der Waals surface area contributed by atoms with Gasteiger partial charge in [-0.2, -0.15) is 5.10 Å². The van der Waals surface area contributed by atoms with E-state index in [1.807, 2.05) is 6.07 Å². The molecule has 1 saturated heterocycles. The van der Waals surface area contributed by atoms with E-state index in [9.17, 15) is 23.5 Å². The Hall–Kier alpha value is -3.61. The number of benzene rings is 2. The molecule has 8 nitrogen and oxygen atoms in total. The molecule has 4 aromatic rings. The number of carbonyl (C=O) groups is 2. The Morgan fingerprint density at radius 3 is 2.65 bits per heavy atom. The van der Waals surface area contributed by atoms with Crippen molar-refractivity contribution in [3.8, 4) is 16.4 Å². The second-order valence-corrected chi connectivity index (χ2v) is 11.5. The van der Waals surface area contributed by atoms with Gasteiger partial charge in [0, 0.05) is 35.9 Å². The molecule has 1 aliphatic carbocycles. The summed E-state index contributed by atoms with van der Waals surface area (Å²) in [5, 5.41) is 21.8. The molecule has 0 atom stereocenters. The molecule has 40 heavy (non-hydrogen) atoms. The Labute approximate surface area is 237 Å². The Balaban J connectivity index is 1.52.